The number of carbonyl (C=O) groups excluding carboxylic acids is 1. The summed E-state index contributed by atoms with van der Waals surface area (Å²) < 4.78 is 41.7. The minimum Gasteiger partial charge on any atom is -0.274 e. The van der Waals surface area contributed by atoms with Gasteiger partial charge in [-0.05, 0) is 94.1 Å². The van der Waals surface area contributed by atoms with E-state index in [1.807, 2.05) is 56.5 Å². The van der Waals surface area contributed by atoms with E-state index in [2.05, 4.69) is 4.72 Å². The van der Waals surface area contributed by atoms with E-state index in [0.717, 1.165) is 27.2 Å². The van der Waals surface area contributed by atoms with Gasteiger partial charge in [0.2, 0.25) is 5.91 Å². The van der Waals surface area contributed by atoms with Crippen LogP contribution in [0.4, 0.5) is 4.39 Å². The molecule has 0 saturated heterocycles. The van der Waals surface area contributed by atoms with Crippen molar-refractivity contribution in [2.24, 2.45) is 0 Å². The molecule has 180 valence electrons. The molecule has 0 aliphatic heterocycles. The fraction of sp³-hybridized carbons (Fsp3) is 0.179. The summed E-state index contributed by atoms with van der Waals surface area (Å²) >= 11 is 1.65. The standard InChI is InChI=1S/C28H26FNO3S2/c1-18(2)20-6-11-25(12-7-20)35(32,33)30-28(31)16-22-15-21(26-13-8-23(29)17-27(22)26)14-19-4-9-24(34-3)10-5-19/h4-15,17-18H,16H2,1-3H3,(H,30,31)/b21-14+. The smallest absolute Gasteiger partial charge is 0.264 e. The molecule has 0 aromatic heterocycles. The van der Waals surface area contributed by atoms with Gasteiger partial charge in [-0.15, -0.1) is 11.8 Å². The summed E-state index contributed by atoms with van der Waals surface area (Å²) in [7, 11) is -4.02. The van der Waals surface area contributed by atoms with Gasteiger partial charge in [-0.2, -0.15) is 0 Å². The van der Waals surface area contributed by atoms with Crippen molar-refractivity contribution in [1.29, 1.82) is 0 Å². The molecule has 0 atom stereocenters. The molecule has 35 heavy (non-hydrogen) atoms. The van der Waals surface area contributed by atoms with E-state index in [-0.39, 0.29) is 17.2 Å². The third-order valence-electron chi connectivity index (χ3n) is 5.86. The lowest BCUT2D eigenvalue weighted by atomic mass is 10.0. The number of fused-ring (bicyclic) bond motifs is 1. The Hall–Kier alpha value is -3.16. The number of amides is 1. The average molecular weight is 508 g/mol. The van der Waals surface area contributed by atoms with Gasteiger partial charge in [0.15, 0.2) is 0 Å². The lowest BCUT2D eigenvalue weighted by Crippen LogP contribution is -2.30. The number of carbonyl (C=O) groups is 1. The van der Waals surface area contributed by atoms with Crippen molar-refractivity contribution in [2.75, 3.05) is 6.26 Å². The van der Waals surface area contributed by atoms with Gasteiger partial charge >= 0.3 is 0 Å². The number of hydrogen-bond donors (Lipinski definition) is 1. The van der Waals surface area contributed by atoms with E-state index >= 15 is 0 Å². The Bertz CT molecular complexity index is 1420. The summed E-state index contributed by atoms with van der Waals surface area (Å²) in [4.78, 5) is 13.9. The number of hydrogen-bond acceptors (Lipinski definition) is 4. The number of nitrogens with one attached hydrogen (secondary N) is 1. The highest BCUT2D eigenvalue weighted by atomic mass is 32.2. The minimum atomic E-state index is -4.02. The zero-order chi connectivity index (χ0) is 25.2. The van der Waals surface area contributed by atoms with Crippen LogP contribution in [0.15, 0.2) is 82.6 Å². The van der Waals surface area contributed by atoms with Crippen LogP contribution in [0.1, 0.15) is 48.4 Å². The van der Waals surface area contributed by atoms with Crippen molar-refractivity contribution in [3.63, 3.8) is 0 Å². The number of benzene rings is 3. The lowest BCUT2D eigenvalue weighted by Gasteiger charge is -2.10. The van der Waals surface area contributed by atoms with E-state index in [1.54, 1.807) is 30.0 Å². The van der Waals surface area contributed by atoms with Crippen molar-refractivity contribution in [2.45, 2.75) is 36.0 Å². The van der Waals surface area contributed by atoms with E-state index in [4.69, 9.17) is 0 Å². The maximum atomic E-state index is 14.0. The van der Waals surface area contributed by atoms with E-state index in [1.165, 1.54) is 24.3 Å². The average Bonchev–Trinajstić information content (AvgIpc) is 3.15. The zero-order valence-corrected chi connectivity index (χ0v) is 21.3. The molecule has 0 heterocycles. The topological polar surface area (TPSA) is 63.2 Å². The Morgan fingerprint density at radius 3 is 2.31 bits per heavy atom. The molecular formula is C28H26FNO3S2. The molecule has 1 N–H and O–H groups in total. The molecule has 4 rings (SSSR count). The van der Waals surface area contributed by atoms with Crippen LogP contribution < -0.4 is 4.72 Å². The molecule has 0 radical (unpaired) electrons. The molecule has 1 aliphatic rings. The maximum absolute atomic E-state index is 14.0. The van der Waals surface area contributed by atoms with Crippen LogP contribution in [0.5, 0.6) is 0 Å². The molecule has 1 amide bonds. The molecule has 0 bridgehead atoms. The zero-order valence-electron chi connectivity index (χ0n) is 19.7. The number of halogens is 1. The minimum absolute atomic E-state index is 0.0244. The Labute approximate surface area is 210 Å². The van der Waals surface area contributed by atoms with Gasteiger partial charge in [0.05, 0.1) is 11.3 Å². The Morgan fingerprint density at radius 1 is 1.00 bits per heavy atom. The summed E-state index contributed by atoms with van der Waals surface area (Å²) in [6.45, 7) is 4.03. The number of thioether (sulfide) groups is 1. The Balaban J connectivity index is 1.57. The normalized spacial score (nSPS) is 14.2. The summed E-state index contributed by atoms with van der Waals surface area (Å²) in [6, 6.07) is 19.0. The Kier molecular flexibility index (Phi) is 7.28. The van der Waals surface area contributed by atoms with Crippen LogP contribution in [0.3, 0.4) is 0 Å². The van der Waals surface area contributed by atoms with Gasteiger partial charge in [0.25, 0.3) is 10.0 Å². The second-order valence-corrected chi connectivity index (χ2v) is 11.2. The molecule has 4 nitrogen and oxygen atoms in total. The van der Waals surface area contributed by atoms with Gasteiger partial charge in [-0.1, -0.05) is 44.2 Å². The SMILES string of the molecule is CSc1ccc(/C=C2\C=C(CC(=O)NS(=O)(=O)c3ccc(C(C)C)cc3)c3cc(F)ccc32)cc1. The molecule has 0 spiro atoms. The first-order valence-corrected chi connectivity index (χ1v) is 13.9. The highest BCUT2D eigenvalue weighted by Crippen LogP contribution is 2.38. The van der Waals surface area contributed by atoms with Crippen molar-refractivity contribution < 1.29 is 17.6 Å². The van der Waals surface area contributed by atoms with Gasteiger partial charge in [-0.25, -0.2) is 17.5 Å². The molecule has 1 aliphatic carbocycles. The molecule has 0 saturated carbocycles. The van der Waals surface area contributed by atoms with E-state index in [9.17, 15) is 17.6 Å². The summed E-state index contributed by atoms with van der Waals surface area (Å²) in [5, 5.41) is 0. The van der Waals surface area contributed by atoms with Gasteiger partial charge < -0.3 is 0 Å². The molecule has 3 aromatic carbocycles. The first-order valence-electron chi connectivity index (χ1n) is 11.2. The Morgan fingerprint density at radius 2 is 1.69 bits per heavy atom. The number of allylic oxidation sites excluding steroid dienone is 2. The van der Waals surface area contributed by atoms with Crippen LogP contribution in [-0.4, -0.2) is 20.6 Å². The molecule has 3 aromatic rings. The number of rotatable bonds is 7. The van der Waals surface area contributed by atoms with Crippen molar-refractivity contribution in [3.8, 4) is 0 Å². The number of sulfonamides is 1. The van der Waals surface area contributed by atoms with Gasteiger partial charge in [-0.3, -0.25) is 4.79 Å². The van der Waals surface area contributed by atoms with Crippen LogP contribution in [0.25, 0.3) is 17.2 Å². The highest BCUT2D eigenvalue weighted by Gasteiger charge is 2.24. The predicted octanol–water partition coefficient (Wildman–Crippen LogP) is 6.50. The first-order chi connectivity index (χ1) is 16.7. The second kappa shape index (κ2) is 10.2. The maximum Gasteiger partial charge on any atom is 0.264 e. The van der Waals surface area contributed by atoms with Crippen molar-refractivity contribution in [1.82, 2.24) is 4.72 Å². The third kappa shape index (κ3) is 5.74. The highest BCUT2D eigenvalue weighted by molar-refractivity contribution is 7.98. The summed E-state index contributed by atoms with van der Waals surface area (Å²) in [5.41, 5.74) is 4.78. The molecule has 7 heteroatoms. The van der Waals surface area contributed by atoms with Crippen LogP contribution in [-0.2, 0) is 14.8 Å². The molecule has 0 fully saturated rings. The summed E-state index contributed by atoms with van der Waals surface area (Å²) in [5.74, 6) is -0.828. The lowest BCUT2D eigenvalue weighted by molar-refractivity contribution is -0.118. The van der Waals surface area contributed by atoms with Crippen molar-refractivity contribution >= 4 is 44.9 Å². The monoisotopic (exact) mass is 507 g/mol. The fourth-order valence-electron chi connectivity index (χ4n) is 3.97. The van der Waals surface area contributed by atoms with Gasteiger partial charge in [0.1, 0.15) is 5.82 Å². The third-order valence-corrected chi connectivity index (χ3v) is 8.00. The fourth-order valence-corrected chi connectivity index (χ4v) is 5.36. The van der Waals surface area contributed by atoms with Crippen LogP contribution >= 0.6 is 11.8 Å². The second-order valence-electron chi connectivity index (χ2n) is 8.66. The quantitative estimate of drug-likeness (QED) is 0.371. The van der Waals surface area contributed by atoms with Crippen molar-refractivity contribution in [3.05, 3.63) is 101 Å². The van der Waals surface area contributed by atoms with Crippen LogP contribution in [0.2, 0.25) is 0 Å². The predicted molar refractivity (Wildman–Crippen MR) is 141 cm³/mol. The van der Waals surface area contributed by atoms with E-state index < -0.39 is 21.7 Å². The van der Waals surface area contributed by atoms with Crippen LogP contribution in [0, 0.1) is 5.82 Å². The summed E-state index contributed by atoms with van der Waals surface area (Å²) in [6.07, 6.45) is 5.60. The van der Waals surface area contributed by atoms with E-state index in [0.29, 0.717) is 11.1 Å². The van der Waals surface area contributed by atoms with Gasteiger partial charge in [0, 0.05) is 4.90 Å². The molecular weight excluding hydrogens is 481 g/mol. The molecule has 0 unspecified atom stereocenters. The largest absolute Gasteiger partial charge is 0.274 e. The first kappa shape index (κ1) is 24.9.